The lowest BCUT2D eigenvalue weighted by Gasteiger charge is -2.36. The van der Waals surface area contributed by atoms with Crippen molar-refractivity contribution in [2.24, 2.45) is 0 Å². The topological polar surface area (TPSA) is 91.7 Å². The number of nitrogens with one attached hydrogen (secondary N) is 2. The van der Waals surface area contributed by atoms with Crippen LogP contribution in [-0.4, -0.2) is 40.2 Å². The number of amides is 3. The lowest BCUT2D eigenvalue weighted by Crippen LogP contribution is -2.57. The van der Waals surface area contributed by atoms with Gasteiger partial charge in [0.05, 0.1) is 6.26 Å². The molecule has 1 aromatic carbocycles. The van der Waals surface area contributed by atoms with Crippen molar-refractivity contribution in [2.45, 2.75) is 58.3 Å². The van der Waals surface area contributed by atoms with E-state index in [9.17, 15) is 14.4 Å². The molecule has 0 fully saturated rings. The second kappa shape index (κ2) is 8.11. The van der Waals surface area contributed by atoms with Crippen LogP contribution in [0, 0.1) is 0 Å². The van der Waals surface area contributed by atoms with Gasteiger partial charge in [-0.05, 0) is 51.0 Å². The van der Waals surface area contributed by atoms with Crippen molar-refractivity contribution in [1.29, 1.82) is 0 Å². The average molecular weight is 397 g/mol. The molecule has 0 radical (unpaired) electrons. The van der Waals surface area contributed by atoms with Crippen molar-refractivity contribution in [3.05, 3.63) is 59.5 Å². The Bertz CT molecular complexity index is 899. The number of nitrogens with zero attached hydrogens (tertiary/aromatic N) is 1. The molecule has 0 spiro atoms. The van der Waals surface area contributed by atoms with Gasteiger partial charge in [-0.2, -0.15) is 0 Å². The van der Waals surface area contributed by atoms with E-state index in [0.717, 1.165) is 11.1 Å². The largest absolute Gasteiger partial charge is 0.459 e. The van der Waals surface area contributed by atoms with Crippen LogP contribution in [0.2, 0.25) is 0 Å². The van der Waals surface area contributed by atoms with Crippen LogP contribution in [0.15, 0.2) is 47.1 Å². The zero-order chi connectivity index (χ0) is 21.2. The Balaban J connectivity index is 1.81. The van der Waals surface area contributed by atoms with Gasteiger partial charge < -0.3 is 20.0 Å². The molecule has 2 N–H and O–H groups in total. The highest BCUT2D eigenvalue weighted by atomic mass is 16.3. The maximum absolute atomic E-state index is 13.1. The van der Waals surface area contributed by atoms with E-state index in [2.05, 4.69) is 10.6 Å². The summed E-state index contributed by atoms with van der Waals surface area (Å²) < 4.78 is 5.25. The van der Waals surface area contributed by atoms with Crippen LogP contribution >= 0.6 is 0 Å². The van der Waals surface area contributed by atoms with E-state index in [1.165, 1.54) is 11.2 Å². The molecule has 3 rings (SSSR count). The molecule has 154 valence electrons. The lowest BCUT2D eigenvalue weighted by atomic mass is 9.93. The van der Waals surface area contributed by atoms with Gasteiger partial charge in [-0.25, -0.2) is 0 Å². The van der Waals surface area contributed by atoms with E-state index in [1.54, 1.807) is 19.1 Å². The Morgan fingerprint density at radius 3 is 2.41 bits per heavy atom. The van der Waals surface area contributed by atoms with E-state index in [0.29, 0.717) is 13.0 Å². The van der Waals surface area contributed by atoms with Crippen LogP contribution < -0.4 is 10.6 Å². The standard InChI is InChI=1S/C22H27N3O4/c1-14(19(26)24-22(2,3)4)23-20(27)17-12-15-8-5-6-9-16(15)13-25(17)21(28)18-10-7-11-29-18/h5-11,14,17H,12-13H2,1-4H3,(H,23,27)(H,24,26). The summed E-state index contributed by atoms with van der Waals surface area (Å²) in [5.74, 6) is -0.806. The fraction of sp³-hybridized carbons (Fsp3) is 0.409. The van der Waals surface area contributed by atoms with E-state index in [-0.39, 0.29) is 23.5 Å². The number of benzene rings is 1. The molecule has 1 aromatic heterocycles. The minimum Gasteiger partial charge on any atom is -0.459 e. The van der Waals surface area contributed by atoms with E-state index >= 15 is 0 Å². The lowest BCUT2D eigenvalue weighted by molar-refractivity contribution is -0.132. The summed E-state index contributed by atoms with van der Waals surface area (Å²) in [5, 5.41) is 5.61. The Morgan fingerprint density at radius 2 is 1.79 bits per heavy atom. The first-order chi connectivity index (χ1) is 13.7. The summed E-state index contributed by atoms with van der Waals surface area (Å²) in [6, 6.07) is 9.50. The van der Waals surface area contributed by atoms with Crippen molar-refractivity contribution in [3.8, 4) is 0 Å². The maximum Gasteiger partial charge on any atom is 0.290 e. The van der Waals surface area contributed by atoms with Gasteiger partial charge >= 0.3 is 0 Å². The Morgan fingerprint density at radius 1 is 1.10 bits per heavy atom. The van der Waals surface area contributed by atoms with Gasteiger partial charge in [0.1, 0.15) is 12.1 Å². The highest BCUT2D eigenvalue weighted by molar-refractivity contribution is 5.97. The molecule has 7 heteroatoms. The van der Waals surface area contributed by atoms with Gasteiger partial charge in [-0.1, -0.05) is 24.3 Å². The van der Waals surface area contributed by atoms with Crippen molar-refractivity contribution in [1.82, 2.24) is 15.5 Å². The molecule has 3 amide bonds. The van der Waals surface area contributed by atoms with Gasteiger partial charge in [0.2, 0.25) is 11.8 Å². The number of hydrogen-bond acceptors (Lipinski definition) is 4. The number of furan rings is 1. The first kappa shape index (κ1) is 20.6. The van der Waals surface area contributed by atoms with Gasteiger partial charge in [0, 0.05) is 18.5 Å². The number of carbonyl (C=O) groups is 3. The highest BCUT2D eigenvalue weighted by Gasteiger charge is 2.37. The first-order valence-electron chi connectivity index (χ1n) is 9.69. The summed E-state index contributed by atoms with van der Waals surface area (Å²) in [5.41, 5.74) is 1.61. The summed E-state index contributed by atoms with van der Waals surface area (Å²) in [6.45, 7) is 7.56. The van der Waals surface area contributed by atoms with Crippen molar-refractivity contribution in [3.63, 3.8) is 0 Å². The zero-order valence-electron chi connectivity index (χ0n) is 17.2. The average Bonchev–Trinajstić information content (AvgIpc) is 3.19. The quantitative estimate of drug-likeness (QED) is 0.828. The van der Waals surface area contributed by atoms with Crippen LogP contribution in [-0.2, 0) is 22.6 Å². The number of hydrogen-bond donors (Lipinski definition) is 2. The Kier molecular flexibility index (Phi) is 5.77. The molecule has 1 aliphatic heterocycles. The highest BCUT2D eigenvalue weighted by Crippen LogP contribution is 2.25. The summed E-state index contributed by atoms with van der Waals surface area (Å²) in [6.07, 6.45) is 1.81. The van der Waals surface area contributed by atoms with Gasteiger partial charge in [0.15, 0.2) is 5.76 Å². The van der Waals surface area contributed by atoms with Crippen LogP contribution in [0.3, 0.4) is 0 Å². The normalized spacial score (nSPS) is 17.2. The van der Waals surface area contributed by atoms with Crippen LogP contribution in [0.1, 0.15) is 49.4 Å². The fourth-order valence-corrected chi connectivity index (χ4v) is 3.37. The fourth-order valence-electron chi connectivity index (χ4n) is 3.37. The van der Waals surface area contributed by atoms with Crippen molar-refractivity contribution < 1.29 is 18.8 Å². The second-order valence-electron chi connectivity index (χ2n) is 8.37. The minimum atomic E-state index is -0.729. The molecule has 1 aliphatic rings. The SMILES string of the molecule is CC(NC(=O)C1Cc2ccccc2CN1C(=O)c1ccco1)C(=O)NC(C)(C)C. The van der Waals surface area contributed by atoms with Gasteiger partial charge in [-0.15, -0.1) is 0 Å². The monoisotopic (exact) mass is 397 g/mol. The van der Waals surface area contributed by atoms with E-state index in [1.807, 2.05) is 45.0 Å². The smallest absolute Gasteiger partial charge is 0.290 e. The number of rotatable bonds is 4. The molecule has 2 unspecified atom stereocenters. The Hall–Kier alpha value is -3.09. The molecule has 0 saturated heterocycles. The summed E-state index contributed by atoms with van der Waals surface area (Å²) >= 11 is 0. The summed E-state index contributed by atoms with van der Waals surface area (Å²) in [7, 11) is 0. The Labute approximate surface area is 170 Å². The van der Waals surface area contributed by atoms with Gasteiger partial charge in [-0.3, -0.25) is 14.4 Å². The number of fused-ring (bicyclic) bond motifs is 1. The first-order valence-corrected chi connectivity index (χ1v) is 9.69. The molecule has 0 aliphatic carbocycles. The molecule has 29 heavy (non-hydrogen) atoms. The maximum atomic E-state index is 13.1. The predicted octanol–water partition coefficient (Wildman–Crippen LogP) is 2.27. The minimum absolute atomic E-state index is 0.181. The predicted molar refractivity (Wildman–Crippen MR) is 108 cm³/mol. The molecule has 2 heterocycles. The molecule has 0 bridgehead atoms. The van der Waals surface area contributed by atoms with Crippen LogP contribution in [0.5, 0.6) is 0 Å². The van der Waals surface area contributed by atoms with Gasteiger partial charge in [0.25, 0.3) is 5.91 Å². The zero-order valence-corrected chi connectivity index (χ0v) is 17.2. The van der Waals surface area contributed by atoms with E-state index in [4.69, 9.17) is 4.42 Å². The third-order valence-electron chi connectivity index (χ3n) is 4.79. The molecule has 2 atom stereocenters. The summed E-state index contributed by atoms with van der Waals surface area (Å²) in [4.78, 5) is 39.9. The molecule has 0 saturated carbocycles. The van der Waals surface area contributed by atoms with Crippen LogP contribution in [0.25, 0.3) is 0 Å². The number of carbonyl (C=O) groups excluding carboxylic acids is 3. The molecule has 2 aromatic rings. The molecular formula is C22H27N3O4. The third kappa shape index (κ3) is 4.85. The van der Waals surface area contributed by atoms with Crippen molar-refractivity contribution in [2.75, 3.05) is 0 Å². The third-order valence-corrected chi connectivity index (χ3v) is 4.79. The molecule has 7 nitrogen and oxygen atoms in total. The van der Waals surface area contributed by atoms with Crippen molar-refractivity contribution >= 4 is 17.7 Å². The molecular weight excluding hydrogens is 370 g/mol. The second-order valence-corrected chi connectivity index (χ2v) is 8.37. The van der Waals surface area contributed by atoms with E-state index < -0.39 is 17.6 Å². The van der Waals surface area contributed by atoms with Crippen LogP contribution in [0.4, 0.5) is 0 Å².